The minimum atomic E-state index is -1.16. The van der Waals surface area contributed by atoms with Crippen molar-refractivity contribution in [1.29, 1.82) is 0 Å². The van der Waals surface area contributed by atoms with E-state index in [0.717, 1.165) is 18.2 Å². The molecule has 102 valence electrons. The van der Waals surface area contributed by atoms with Gasteiger partial charge >= 0.3 is 5.97 Å². The van der Waals surface area contributed by atoms with Gasteiger partial charge in [0.05, 0.1) is 0 Å². The lowest BCUT2D eigenvalue weighted by atomic mass is 10.0. The molecule has 2 rings (SSSR count). The fourth-order valence-electron chi connectivity index (χ4n) is 1.73. The van der Waals surface area contributed by atoms with Crippen LogP contribution in [0.1, 0.15) is 5.56 Å². The highest BCUT2D eigenvalue weighted by atomic mass is 19.2. The Bertz CT molecular complexity index is 694. The second-order valence-electron chi connectivity index (χ2n) is 4.01. The van der Waals surface area contributed by atoms with E-state index < -0.39 is 23.4 Å². The second-order valence-corrected chi connectivity index (χ2v) is 4.01. The predicted octanol–water partition coefficient (Wildman–Crippen LogP) is 3.87. The summed E-state index contributed by atoms with van der Waals surface area (Å²) in [6.45, 7) is 0. The van der Waals surface area contributed by atoms with Gasteiger partial charge < -0.3 is 5.11 Å². The Labute approximate surface area is 112 Å². The molecule has 1 N–H and O–H groups in total. The van der Waals surface area contributed by atoms with E-state index in [0.29, 0.717) is 5.56 Å². The molecule has 0 bridgehead atoms. The number of carboxylic acids is 1. The molecular formula is C15H9F3O2. The van der Waals surface area contributed by atoms with E-state index >= 15 is 0 Å². The summed E-state index contributed by atoms with van der Waals surface area (Å²) in [4.78, 5) is 10.4. The van der Waals surface area contributed by atoms with Crippen molar-refractivity contribution < 1.29 is 23.1 Å². The van der Waals surface area contributed by atoms with Crippen LogP contribution >= 0.6 is 0 Å². The molecule has 2 aromatic rings. The number of rotatable bonds is 3. The summed E-state index contributed by atoms with van der Waals surface area (Å²) in [5.74, 6) is -4.11. The van der Waals surface area contributed by atoms with Crippen LogP contribution in [-0.2, 0) is 4.79 Å². The van der Waals surface area contributed by atoms with Gasteiger partial charge in [-0.15, -0.1) is 0 Å². The largest absolute Gasteiger partial charge is 0.478 e. The monoisotopic (exact) mass is 278 g/mol. The van der Waals surface area contributed by atoms with Gasteiger partial charge in [-0.3, -0.25) is 0 Å². The van der Waals surface area contributed by atoms with Crippen molar-refractivity contribution in [3.8, 4) is 11.1 Å². The lowest BCUT2D eigenvalue weighted by Gasteiger charge is -2.06. The normalized spacial score (nSPS) is 10.9. The molecule has 0 unspecified atom stereocenters. The van der Waals surface area contributed by atoms with E-state index in [1.165, 1.54) is 30.3 Å². The third-order valence-corrected chi connectivity index (χ3v) is 2.65. The zero-order chi connectivity index (χ0) is 14.7. The highest BCUT2D eigenvalue weighted by Gasteiger charge is 2.13. The van der Waals surface area contributed by atoms with Crippen LogP contribution < -0.4 is 0 Å². The molecule has 2 nitrogen and oxygen atoms in total. The molecule has 0 saturated heterocycles. The van der Waals surface area contributed by atoms with Crippen LogP contribution in [0.15, 0.2) is 42.5 Å². The predicted molar refractivity (Wildman–Crippen MR) is 68.4 cm³/mol. The number of halogens is 3. The van der Waals surface area contributed by atoms with E-state index in [-0.39, 0.29) is 11.1 Å². The molecule has 20 heavy (non-hydrogen) atoms. The minimum absolute atomic E-state index is 0.0884. The Kier molecular flexibility index (Phi) is 3.89. The molecule has 0 amide bonds. The van der Waals surface area contributed by atoms with Crippen molar-refractivity contribution in [2.45, 2.75) is 0 Å². The van der Waals surface area contributed by atoms with Crippen LogP contribution in [-0.4, -0.2) is 11.1 Å². The van der Waals surface area contributed by atoms with E-state index in [9.17, 15) is 18.0 Å². The van der Waals surface area contributed by atoms with Crippen molar-refractivity contribution in [2.24, 2.45) is 0 Å². The van der Waals surface area contributed by atoms with Crippen molar-refractivity contribution in [2.75, 3.05) is 0 Å². The fourth-order valence-corrected chi connectivity index (χ4v) is 1.73. The summed E-state index contributed by atoms with van der Waals surface area (Å²) in [5, 5.41) is 8.47. The van der Waals surface area contributed by atoms with Crippen LogP contribution in [0.2, 0.25) is 0 Å². The first-order valence-electron chi connectivity index (χ1n) is 5.64. The molecule has 0 aliphatic heterocycles. The van der Waals surface area contributed by atoms with Crippen molar-refractivity contribution in [1.82, 2.24) is 0 Å². The van der Waals surface area contributed by atoms with Crippen molar-refractivity contribution in [3.05, 3.63) is 65.5 Å². The number of benzene rings is 2. The third kappa shape index (κ3) is 2.88. The smallest absolute Gasteiger partial charge is 0.328 e. The molecular weight excluding hydrogens is 269 g/mol. The zero-order valence-corrected chi connectivity index (χ0v) is 10.1. The maximum Gasteiger partial charge on any atom is 0.328 e. The van der Waals surface area contributed by atoms with E-state index in [1.807, 2.05) is 0 Å². The summed E-state index contributed by atoms with van der Waals surface area (Å²) in [6.07, 6.45) is 2.06. The maximum atomic E-state index is 13.9. The van der Waals surface area contributed by atoms with Gasteiger partial charge in [-0.1, -0.05) is 24.3 Å². The van der Waals surface area contributed by atoms with E-state index in [2.05, 4.69) is 0 Å². The molecule has 0 saturated carbocycles. The first-order chi connectivity index (χ1) is 9.49. The topological polar surface area (TPSA) is 37.3 Å². The highest BCUT2D eigenvalue weighted by molar-refractivity contribution is 5.85. The number of hydrogen-bond acceptors (Lipinski definition) is 1. The number of carbonyl (C=O) groups is 1. The van der Waals surface area contributed by atoms with Gasteiger partial charge in [-0.25, -0.2) is 18.0 Å². The Morgan fingerprint density at radius 2 is 1.75 bits per heavy atom. The Morgan fingerprint density at radius 1 is 1.00 bits per heavy atom. The van der Waals surface area contributed by atoms with E-state index in [1.54, 1.807) is 0 Å². The average Bonchev–Trinajstić information content (AvgIpc) is 2.40. The maximum absolute atomic E-state index is 13.9. The number of aliphatic carboxylic acids is 1. The average molecular weight is 278 g/mol. The summed E-state index contributed by atoms with van der Waals surface area (Å²) in [6, 6.07) is 7.24. The van der Waals surface area contributed by atoms with Gasteiger partial charge in [0.1, 0.15) is 5.82 Å². The summed E-state index contributed by atoms with van der Waals surface area (Å²) >= 11 is 0. The SMILES string of the molecule is O=C(O)/C=C/c1ccc(-c2cccc(F)c2F)c(F)c1. The van der Waals surface area contributed by atoms with Gasteiger partial charge in [0.25, 0.3) is 0 Å². The van der Waals surface area contributed by atoms with Crippen molar-refractivity contribution in [3.63, 3.8) is 0 Å². The van der Waals surface area contributed by atoms with Crippen LogP contribution in [0.3, 0.4) is 0 Å². The van der Waals surface area contributed by atoms with Crippen molar-refractivity contribution >= 4 is 12.0 Å². The van der Waals surface area contributed by atoms with Gasteiger partial charge in [-0.05, 0) is 23.8 Å². The Morgan fingerprint density at radius 3 is 2.40 bits per heavy atom. The highest BCUT2D eigenvalue weighted by Crippen LogP contribution is 2.27. The van der Waals surface area contributed by atoms with Crippen LogP contribution in [0.25, 0.3) is 17.2 Å². The van der Waals surface area contributed by atoms with Gasteiger partial charge in [0.2, 0.25) is 0 Å². The van der Waals surface area contributed by atoms with E-state index in [4.69, 9.17) is 5.11 Å². The molecule has 0 aliphatic rings. The zero-order valence-electron chi connectivity index (χ0n) is 10.1. The molecule has 0 heterocycles. The fraction of sp³-hybridized carbons (Fsp3) is 0. The van der Waals surface area contributed by atoms with Crippen LogP contribution in [0, 0.1) is 17.5 Å². The summed E-state index contributed by atoms with van der Waals surface area (Å²) in [5.41, 5.74) is 0.0381. The molecule has 0 radical (unpaired) electrons. The molecule has 2 aromatic carbocycles. The summed E-state index contributed by atoms with van der Waals surface area (Å²) in [7, 11) is 0. The standard InChI is InChI=1S/C15H9F3O2/c16-12-3-1-2-11(15(12)18)10-6-4-9(8-13(10)17)5-7-14(19)20/h1-8H,(H,19,20)/b7-5+. The molecule has 0 aromatic heterocycles. The number of carboxylic acid groups (broad SMARTS) is 1. The lowest BCUT2D eigenvalue weighted by molar-refractivity contribution is -0.131. The number of hydrogen-bond donors (Lipinski definition) is 1. The van der Waals surface area contributed by atoms with Crippen LogP contribution in [0.4, 0.5) is 13.2 Å². The Hall–Kier alpha value is -2.56. The summed E-state index contributed by atoms with van der Waals surface area (Å²) < 4.78 is 40.6. The first-order valence-corrected chi connectivity index (χ1v) is 5.64. The first kappa shape index (κ1) is 13.9. The lowest BCUT2D eigenvalue weighted by Crippen LogP contribution is -1.93. The van der Waals surface area contributed by atoms with Gasteiger partial charge in [-0.2, -0.15) is 0 Å². The molecule has 0 fully saturated rings. The van der Waals surface area contributed by atoms with Gasteiger partial charge in [0.15, 0.2) is 11.6 Å². The van der Waals surface area contributed by atoms with Gasteiger partial charge in [0, 0.05) is 17.2 Å². The third-order valence-electron chi connectivity index (χ3n) is 2.65. The molecule has 5 heteroatoms. The molecule has 0 atom stereocenters. The Balaban J connectivity index is 2.44. The second kappa shape index (κ2) is 5.61. The minimum Gasteiger partial charge on any atom is -0.478 e. The molecule has 0 spiro atoms. The molecule has 0 aliphatic carbocycles. The quantitative estimate of drug-likeness (QED) is 0.865. The van der Waals surface area contributed by atoms with Crippen LogP contribution in [0.5, 0.6) is 0 Å².